The molecule has 2 aliphatic heterocycles. The third kappa shape index (κ3) is 3.23. The van der Waals surface area contributed by atoms with E-state index in [9.17, 15) is 13.2 Å². The van der Waals surface area contributed by atoms with Gasteiger partial charge in [0.25, 0.3) is 0 Å². The van der Waals surface area contributed by atoms with Crippen LogP contribution in [0.3, 0.4) is 0 Å². The highest BCUT2D eigenvalue weighted by atomic mass is 32.2. The third-order valence-electron chi connectivity index (χ3n) is 3.87. The molecule has 0 spiro atoms. The second-order valence-corrected chi connectivity index (χ2v) is 7.35. The first kappa shape index (κ1) is 13.8. The van der Waals surface area contributed by atoms with E-state index in [2.05, 4.69) is 4.90 Å². The first-order valence-electron chi connectivity index (χ1n) is 6.63. The van der Waals surface area contributed by atoms with Crippen LogP contribution in [0.4, 0.5) is 0 Å². The Hall–Kier alpha value is -0.620. The zero-order valence-electron chi connectivity index (χ0n) is 10.8. The van der Waals surface area contributed by atoms with Gasteiger partial charge in [-0.15, -0.1) is 0 Å². The van der Waals surface area contributed by atoms with Crippen molar-refractivity contribution in [2.45, 2.75) is 32.2 Å². The fourth-order valence-corrected chi connectivity index (χ4v) is 4.59. The summed E-state index contributed by atoms with van der Waals surface area (Å²) in [7, 11) is -2.82. The number of nitrogens with zero attached hydrogens (tertiary/aromatic N) is 1. The smallest absolute Gasteiger partial charge is 0.309 e. The van der Waals surface area contributed by atoms with Crippen LogP contribution in [-0.2, 0) is 19.4 Å². The van der Waals surface area contributed by atoms with Gasteiger partial charge in [0.1, 0.15) is 0 Å². The van der Waals surface area contributed by atoms with Crippen molar-refractivity contribution in [3.05, 3.63) is 0 Å². The second-order valence-electron chi connectivity index (χ2n) is 5.12. The molecule has 2 fully saturated rings. The van der Waals surface area contributed by atoms with Crippen LogP contribution in [0.25, 0.3) is 0 Å². The third-order valence-corrected chi connectivity index (χ3v) is 5.62. The van der Waals surface area contributed by atoms with Gasteiger partial charge in [0, 0.05) is 6.04 Å². The predicted molar refractivity (Wildman–Crippen MR) is 68.0 cm³/mol. The number of likely N-dealkylation sites (tertiary alicyclic amines) is 1. The molecular weight excluding hydrogens is 254 g/mol. The molecule has 1 unspecified atom stereocenters. The lowest BCUT2D eigenvalue weighted by Crippen LogP contribution is -2.43. The van der Waals surface area contributed by atoms with E-state index in [4.69, 9.17) is 4.74 Å². The van der Waals surface area contributed by atoms with Gasteiger partial charge in [0.2, 0.25) is 0 Å². The molecule has 0 aliphatic carbocycles. The van der Waals surface area contributed by atoms with Crippen LogP contribution in [0.1, 0.15) is 26.2 Å². The quantitative estimate of drug-likeness (QED) is 0.700. The summed E-state index contributed by atoms with van der Waals surface area (Å²) in [4.78, 5) is 13.8. The number of carbonyl (C=O) groups is 1. The molecule has 0 saturated carbocycles. The Kier molecular flexibility index (Phi) is 4.27. The Labute approximate surface area is 108 Å². The molecule has 0 aromatic heterocycles. The van der Waals surface area contributed by atoms with E-state index < -0.39 is 9.84 Å². The zero-order valence-corrected chi connectivity index (χ0v) is 11.6. The maximum absolute atomic E-state index is 11.6. The Balaban J connectivity index is 1.82. The normalized spacial score (nSPS) is 29.3. The fourth-order valence-electron chi connectivity index (χ4n) is 2.82. The van der Waals surface area contributed by atoms with E-state index in [1.54, 1.807) is 0 Å². The number of rotatable bonds is 3. The number of ether oxygens (including phenoxy) is 1. The summed E-state index contributed by atoms with van der Waals surface area (Å²) < 4.78 is 27.9. The summed E-state index contributed by atoms with van der Waals surface area (Å²) in [5.41, 5.74) is 0. The Morgan fingerprint density at radius 1 is 1.28 bits per heavy atom. The lowest BCUT2D eigenvalue weighted by Gasteiger charge is -2.34. The highest BCUT2D eigenvalue weighted by Crippen LogP contribution is 2.25. The molecule has 0 amide bonds. The summed E-state index contributed by atoms with van der Waals surface area (Å²) in [5, 5.41) is 0. The highest BCUT2D eigenvalue weighted by molar-refractivity contribution is 7.91. The van der Waals surface area contributed by atoms with Gasteiger partial charge >= 0.3 is 5.97 Å². The van der Waals surface area contributed by atoms with Crippen LogP contribution in [0.15, 0.2) is 0 Å². The number of carbonyl (C=O) groups excluding carboxylic acids is 1. The lowest BCUT2D eigenvalue weighted by molar-refractivity contribution is -0.149. The average Bonchev–Trinajstić information content (AvgIpc) is 2.70. The first-order chi connectivity index (χ1) is 8.52. The SMILES string of the molecule is CCOC(=O)C1CCN(C2CCS(=O)(=O)C2)CC1. The maximum Gasteiger partial charge on any atom is 0.309 e. The highest BCUT2D eigenvalue weighted by Gasteiger charge is 2.35. The minimum absolute atomic E-state index is 0.000731. The van der Waals surface area contributed by atoms with E-state index in [0.29, 0.717) is 12.4 Å². The number of hydrogen-bond acceptors (Lipinski definition) is 5. The Bertz CT molecular complexity index is 398. The molecule has 0 radical (unpaired) electrons. The van der Waals surface area contributed by atoms with Gasteiger partial charge in [-0.25, -0.2) is 8.42 Å². The monoisotopic (exact) mass is 275 g/mol. The molecule has 1 atom stereocenters. The maximum atomic E-state index is 11.6. The topological polar surface area (TPSA) is 63.7 Å². The summed E-state index contributed by atoms with van der Waals surface area (Å²) >= 11 is 0. The van der Waals surface area contributed by atoms with Gasteiger partial charge in [0.15, 0.2) is 9.84 Å². The van der Waals surface area contributed by atoms with Gasteiger partial charge in [-0.2, -0.15) is 0 Å². The molecule has 0 bridgehead atoms. The molecule has 104 valence electrons. The molecule has 2 heterocycles. The van der Waals surface area contributed by atoms with Crippen LogP contribution < -0.4 is 0 Å². The van der Waals surface area contributed by atoms with Crippen molar-refractivity contribution in [2.75, 3.05) is 31.2 Å². The molecule has 5 nitrogen and oxygen atoms in total. The second kappa shape index (κ2) is 5.57. The molecule has 2 aliphatic rings. The minimum atomic E-state index is -2.82. The summed E-state index contributed by atoms with van der Waals surface area (Å²) in [5.74, 6) is 0.502. The molecule has 0 aromatic carbocycles. The molecule has 0 N–H and O–H groups in total. The molecular formula is C12H21NO4S. The molecule has 6 heteroatoms. The molecule has 0 aromatic rings. The van der Waals surface area contributed by atoms with Crippen molar-refractivity contribution in [3.63, 3.8) is 0 Å². The number of sulfone groups is 1. The Morgan fingerprint density at radius 3 is 2.44 bits per heavy atom. The fraction of sp³-hybridized carbons (Fsp3) is 0.917. The number of piperidine rings is 1. The standard InChI is InChI=1S/C12H21NO4S/c1-2-17-12(14)10-3-6-13(7-4-10)11-5-8-18(15,16)9-11/h10-11H,2-9H2,1H3. The van der Waals surface area contributed by atoms with Gasteiger partial charge in [0.05, 0.1) is 24.0 Å². The van der Waals surface area contributed by atoms with Crippen LogP contribution >= 0.6 is 0 Å². The van der Waals surface area contributed by atoms with Crippen molar-refractivity contribution in [3.8, 4) is 0 Å². The lowest BCUT2D eigenvalue weighted by atomic mass is 9.96. The van der Waals surface area contributed by atoms with E-state index in [1.807, 2.05) is 6.92 Å². The summed E-state index contributed by atoms with van der Waals surface area (Å²) in [6.07, 6.45) is 2.32. The average molecular weight is 275 g/mol. The summed E-state index contributed by atoms with van der Waals surface area (Å²) in [6, 6.07) is 0.165. The Morgan fingerprint density at radius 2 is 1.94 bits per heavy atom. The largest absolute Gasteiger partial charge is 0.466 e. The van der Waals surface area contributed by atoms with Crippen LogP contribution in [0.2, 0.25) is 0 Å². The van der Waals surface area contributed by atoms with Crippen molar-refractivity contribution < 1.29 is 17.9 Å². The van der Waals surface area contributed by atoms with Gasteiger partial charge in [-0.3, -0.25) is 9.69 Å². The van der Waals surface area contributed by atoms with E-state index >= 15 is 0 Å². The predicted octanol–water partition coefficient (Wildman–Crippen LogP) is 0.449. The molecule has 18 heavy (non-hydrogen) atoms. The van der Waals surface area contributed by atoms with Crippen molar-refractivity contribution in [1.29, 1.82) is 0 Å². The molecule has 2 saturated heterocycles. The van der Waals surface area contributed by atoms with E-state index in [-0.39, 0.29) is 23.7 Å². The van der Waals surface area contributed by atoms with Gasteiger partial charge in [-0.05, 0) is 39.3 Å². The minimum Gasteiger partial charge on any atom is -0.466 e. The zero-order chi connectivity index (χ0) is 13.2. The van der Waals surface area contributed by atoms with E-state index in [0.717, 1.165) is 32.4 Å². The van der Waals surface area contributed by atoms with Crippen LogP contribution in [-0.4, -0.2) is 56.5 Å². The van der Waals surface area contributed by atoms with Gasteiger partial charge in [-0.1, -0.05) is 0 Å². The van der Waals surface area contributed by atoms with Crippen molar-refractivity contribution >= 4 is 15.8 Å². The van der Waals surface area contributed by atoms with Crippen molar-refractivity contribution in [2.24, 2.45) is 5.92 Å². The first-order valence-corrected chi connectivity index (χ1v) is 8.45. The van der Waals surface area contributed by atoms with Gasteiger partial charge < -0.3 is 4.74 Å². The van der Waals surface area contributed by atoms with Crippen LogP contribution in [0, 0.1) is 5.92 Å². The number of esters is 1. The van der Waals surface area contributed by atoms with Crippen LogP contribution in [0.5, 0.6) is 0 Å². The number of hydrogen-bond donors (Lipinski definition) is 0. The molecule has 2 rings (SSSR count). The van der Waals surface area contributed by atoms with Crippen molar-refractivity contribution in [1.82, 2.24) is 4.90 Å². The summed E-state index contributed by atoms with van der Waals surface area (Å²) in [6.45, 7) is 3.86. The van der Waals surface area contributed by atoms with E-state index in [1.165, 1.54) is 0 Å².